The predicted molar refractivity (Wildman–Crippen MR) is 89.8 cm³/mol. The van der Waals surface area contributed by atoms with Crippen LogP contribution >= 0.6 is 0 Å². The zero-order chi connectivity index (χ0) is 15.8. The van der Waals surface area contributed by atoms with Crippen molar-refractivity contribution in [3.05, 3.63) is 11.1 Å². The van der Waals surface area contributed by atoms with E-state index in [1.54, 1.807) is 11.1 Å². The first-order valence-corrected chi connectivity index (χ1v) is 9.97. The van der Waals surface area contributed by atoms with Crippen molar-refractivity contribution in [2.75, 3.05) is 0 Å². The number of carbonyl (C=O) groups is 1. The second-order valence-corrected chi connectivity index (χ2v) is 9.44. The molecule has 5 rings (SSSR count). The lowest BCUT2D eigenvalue weighted by Crippen LogP contribution is -2.55. The topological polar surface area (TPSA) is 37.3 Å². The molecule has 6 atom stereocenters. The van der Waals surface area contributed by atoms with Crippen LogP contribution in [-0.2, 0) is 4.79 Å². The molecule has 0 radical (unpaired) electrons. The van der Waals surface area contributed by atoms with Crippen molar-refractivity contribution in [3.8, 4) is 0 Å². The van der Waals surface area contributed by atoms with Crippen LogP contribution in [0.4, 0.5) is 0 Å². The third kappa shape index (κ3) is 1.72. The highest BCUT2D eigenvalue weighted by Crippen LogP contribution is 2.71. The predicted octanol–water partition coefficient (Wildman–Crippen LogP) is 4.41. The molecule has 3 fully saturated rings. The van der Waals surface area contributed by atoms with Crippen LogP contribution < -0.4 is 0 Å². The van der Waals surface area contributed by atoms with Gasteiger partial charge in [0.1, 0.15) is 5.78 Å². The van der Waals surface area contributed by atoms with Crippen molar-refractivity contribution >= 4 is 5.78 Å². The first-order valence-electron chi connectivity index (χ1n) is 9.97. The van der Waals surface area contributed by atoms with E-state index < -0.39 is 0 Å². The second kappa shape index (κ2) is 4.71. The van der Waals surface area contributed by atoms with Gasteiger partial charge >= 0.3 is 0 Å². The van der Waals surface area contributed by atoms with Gasteiger partial charge in [0.25, 0.3) is 0 Å². The minimum absolute atomic E-state index is 0.0819. The lowest BCUT2D eigenvalue weighted by atomic mass is 9.45. The lowest BCUT2D eigenvalue weighted by molar-refractivity contribution is -0.154. The third-order valence-electron chi connectivity index (χ3n) is 9.02. The summed E-state index contributed by atoms with van der Waals surface area (Å²) in [5.41, 5.74) is 3.74. The molecule has 0 heterocycles. The van der Waals surface area contributed by atoms with Gasteiger partial charge in [-0.15, -0.1) is 0 Å². The molecule has 0 aromatic rings. The monoisotopic (exact) mass is 314 g/mol. The van der Waals surface area contributed by atoms with Gasteiger partial charge < -0.3 is 5.11 Å². The van der Waals surface area contributed by atoms with Crippen LogP contribution in [0.5, 0.6) is 0 Å². The fourth-order valence-corrected chi connectivity index (χ4v) is 7.72. The Labute approximate surface area is 139 Å². The van der Waals surface area contributed by atoms with Gasteiger partial charge in [-0.25, -0.2) is 0 Å². The molecule has 1 N–H and O–H groups in total. The maximum Gasteiger partial charge on any atom is 0.139 e. The summed E-state index contributed by atoms with van der Waals surface area (Å²) in [7, 11) is 0. The molecule has 5 aliphatic rings. The van der Waals surface area contributed by atoms with Crippen LogP contribution in [0, 0.1) is 28.6 Å². The molecule has 0 saturated heterocycles. The quantitative estimate of drug-likeness (QED) is 0.672. The first-order chi connectivity index (χ1) is 11.1. The van der Waals surface area contributed by atoms with Crippen LogP contribution in [-0.4, -0.2) is 17.0 Å². The number of aliphatic hydroxyl groups is 1. The molecule has 1 spiro atoms. The van der Waals surface area contributed by atoms with Crippen LogP contribution in [0.15, 0.2) is 11.1 Å². The SMILES string of the molecule is C[C@]12CC[C@@H]3C4=C(CC[C@H]3[C@@H]1CC[C@@]21CCC1=O)C[C@@H](O)CC4. The molecular weight excluding hydrogens is 284 g/mol. The standard InChI is InChI=1S/C21H30O2/c1-20-9-6-16-15-5-3-14(22)12-13(15)2-4-17(16)18(20)7-10-21(20)11-8-19(21)23/h14,16-18,22H,2-12H2,1H3/t14-,16+,17+,18-,20-,21-/m0/s1. The molecular formula is C21H30O2. The summed E-state index contributed by atoms with van der Waals surface area (Å²) in [6.07, 6.45) is 12.6. The van der Waals surface area contributed by atoms with Crippen molar-refractivity contribution in [3.63, 3.8) is 0 Å². The molecule has 3 saturated carbocycles. The number of fused-ring (bicyclic) bond motifs is 5. The fourth-order valence-electron chi connectivity index (χ4n) is 7.72. The Hall–Kier alpha value is -0.630. The van der Waals surface area contributed by atoms with E-state index in [9.17, 15) is 9.90 Å². The third-order valence-corrected chi connectivity index (χ3v) is 9.02. The maximum absolute atomic E-state index is 12.5. The summed E-state index contributed by atoms with van der Waals surface area (Å²) in [4.78, 5) is 12.5. The van der Waals surface area contributed by atoms with Crippen molar-refractivity contribution < 1.29 is 9.90 Å². The van der Waals surface area contributed by atoms with E-state index in [1.165, 1.54) is 44.9 Å². The first kappa shape index (κ1) is 14.7. The zero-order valence-corrected chi connectivity index (χ0v) is 14.4. The highest BCUT2D eigenvalue weighted by molar-refractivity contribution is 5.91. The van der Waals surface area contributed by atoms with Crippen molar-refractivity contribution in [2.45, 2.75) is 83.7 Å². The highest BCUT2D eigenvalue weighted by Gasteiger charge is 2.67. The molecule has 0 aromatic heterocycles. The van der Waals surface area contributed by atoms with Crippen molar-refractivity contribution in [1.29, 1.82) is 0 Å². The van der Waals surface area contributed by atoms with E-state index in [2.05, 4.69) is 6.92 Å². The highest BCUT2D eigenvalue weighted by atomic mass is 16.3. The van der Waals surface area contributed by atoms with Gasteiger partial charge in [0, 0.05) is 11.8 Å². The Kier molecular flexibility index (Phi) is 3.01. The number of carbonyl (C=O) groups excluding carboxylic acids is 1. The summed E-state index contributed by atoms with van der Waals surface area (Å²) < 4.78 is 0. The number of hydrogen-bond donors (Lipinski definition) is 1. The van der Waals surface area contributed by atoms with E-state index in [1.807, 2.05) is 0 Å². The Bertz CT molecular complexity index is 591. The van der Waals surface area contributed by atoms with Crippen LogP contribution in [0.2, 0.25) is 0 Å². The van der Waals surface area contributed by atoms with Gasteiger partial charge in [-0.1, -0.05) is 18.1 Å². The number of hydrogen-bond acceptors (Lipinski definition) is 2. The van der Waals surface area contributed by atoms with Gasteiger partial charge in [0.2, 0.25) is 0 Å². The molecule has 126 valence electrons. The van der Waals surface area contributed by atoms with Gasteiger partial charge in [0.15, 0.2) is 0 Å². The normalized spacial score (nSPS) is 52.0. The smallest absolute Gasteiger partial charge is 0.139 e. The number of aliphatic hydroxyl groups excluding tert-OH is 1. The zero-order valence-electron chi connectivity index (χ0n) is 14.4. The minimum atomic E-state index is -0.0819. The van der Waals surface area contributed by atoms with E-state index >= 15 is 0 Å². The Morgan fingerprint density at radius 2 is 1.87 bits per heavy atom. The van der Waals surface area contributed by atoms with E-state index in [4.69, 9.17) is 0 Å². The van der Waals surface area contributed by atoms with Crippen molar-refractivity contribution in [2.24, 2.45) is 28.6 Å². The van der Waals surface area contributed by atoms with Crippen LogP contribution in [0.1, 0.15) is 77.6 Å². The molecule has 0 aromatic carbocycles. The van der Waals surface area contributed by atoms with E-state index in [-0.39, 0.29) is 11.5 Å². The summed E-state index contributed by atoms with van der Waals surface area (Å²) in [5.74, 6) is 2.99. The summed E-state index contributed by atoms with van der Waals surface area (Å²) in [6.45, 7) is 2.48. The molecule has 0 bridgehead atoms. The van der Waals surface area contributed by atoms with Gasteiger partial charge in [-0.05, 0) is 87.4 Å². The largest absolute Gasteiger partial charge is 0.393 e. The molecule has 23 heavy (non-hydrogen) atoms. The average molecular weight is 314 g/mol. The summed E-state index contributed by atoms with van der Waals surface area (Å²) >= 11 is 0. The number of ketones is 1. The number of Topliss-reactive ketones (excluding diaryl/α,β-unsaturated/α-hetero) is 1. The van der Waals surface area contributed by atoms with Crippen LogP contribution in [0.25, 0.3) is 0 Å². The Morgan fingerprint density at radius 3 is 2.61 bits per heavy atom. The fraction of sp³-hybridized carbons (Fsp3) is 0.857. The lowest BCUT2D eigenvalue weighted by Gasteiger charge is -2.58. The molecule has 5 aliphatic carbocycles. The molecule has 0 unspecified atom stereocenters. The van der Waals surface area contributed by atoms with Gasteiger partial charge in [0.05, 0.1) is 6.10 Å². The summed E-state index contributed by atoms with van der Waals surface area (Å²) in [5, 5.41) is 10.0. The number of rotatable bonds is 0. The molecule has 0 amide bonds. The van der Waals surface area contributed by atoms with Crippen molar-refractivity contribution in [1.82, 2.24) is 0 Å². The number of allylic oxidation sites excluding steroid dienone is 1. The van der Waals surface area contributed by atoms with Gasteiger partial charge in [-0.2, -0.15) is 0 Å². The van der Waals surface area contributed by atoms with Crippen LogP contribution in [0.3, 0.4) is 0 Å². The Morgan fingerprint density at radius 1 is 1.00 bits per heavy atom. The Balaban J connectivity index is 1.48. The molecule has 2 heteroatoms. The molecule has 2 nitrogen and oxygen atoms in total. The van der Waals surface area contributed by atoms with Gasteiger partial charge in [-0.3, -0.25) is 4.79 Å². The average Bonchev–Trinajstić information content (AvgIpc) is 2.88. The minimum Gasteiger partial charge on any atom is -0.393 e. The second-order valence-electron chi connectivity index (χ2n) is 9.44. The summed E-state index contributed by atoms with van der Waals surface area (Å²) in [6, 6.07) is 0. The maximum atomic E-state index is 12.5. The van der Waals surface area contributed by atoms with E-state index in [0.29, 0.717) is 11.2 Å². The molecule has 0 aliphatic heterocycles. The van der Waals surface area contributed by atoms with E-state index in [0.717, 1.165) is 43.4 Å².